The lowest BCUT2D eigenvalue weighted by Crippen LogP contribution is -2.28. The molecule has 0 spiro atoms. The normalized spacial score (nSPS) is 20.1. The molecule has 1 aromatic heterocycles. The summed E-state index contributed by atoms with van der Waals surface area (Å²) < 4.78 is 0. The van der Waals surface area contributed by atoms with E-state index in [0.29, 0.717) is 12.4 Å². The molecule has 2 heterocycles. The summed E-state index contributed by atoms with van der Waals surface area (Å²) in [7, 11) is 0. The van der Waals surface area contributed by atoms with E-state index < -0.39 is 0 Å². The van der Waals surface area contributed by atoms with Gasteiger partial charge in [-0.3, -0.25) is 4.79 Å². The SMILES string of the molecule is Cc1c(N)ncnc1N1CCC(C(N)=O)C1. The van der Waals surface area contributed by atoms with Crippen LogP contribution in [0.15, 0.2) is 6.33 Å². The molecular weight excluding hydrogens is 206 g/mol. The largest absolute Gasteiger partial charge is 0.383 e. The van der Waals surface area contributed by atoms with Gasteiger partial charge in [0.2, 0.25) is 5.91 Å². The zero-order chi connectivity index (χ0) is 11.7. The summed E-state index contributed by atoms with van der Waals surface area (Å²) in [5.74, 6) is 0.946. The second-order valence-corrected chi connectivity index (χ2v) is 4.04. The number of carbonyl (C=O) groups is 1. The molecule has 2 rings (SSSR count). The highest BCUT2D eigenvalue weighted by Gasteiger charge is 2.28. The van der Waals surface area contributed by atoms with Crippen LogP contribution < -0.4 is 16.4 Å². The van der Waals surface area contributed by atoms with Crippen LogP contribution in [-0.4, -0.2) is 29.0 Å². The Balaban J connectivity index is 2.21. The van der Waals surface area contributed by atoms with Crippen LogP contribution in [0.5, 0.6) is 0 Å². The van der Waals surface area contributed by atoms with Gasteiger partial charge in [-0.2, -0.15) is 0 Å². The number of anilines is 2. The van der Waals surface area contributed by atoms with Gasteiger partial charge in [0.25, 0.3) is 0 Å². The second-order valence-electron chi connectivity index (χ2n) is 4.04. The van der Waals surface area contributed by atoms with E-state index in [-0.39, 0.29) is 11.8 Å². The van der Waals surface area contributed by atoms with Crippen LogP contribution >= 0.6 is 0 Å². The van der Waals surface area contributed by atoms with E-state index in [1.54, 1.807) is 0 Å². The van der Waals surface area contributed by atoms with Gasteiger partial charge >= 0.3 is 0 Å². The van der Waals surface area contributed by atoms with Crippen LogP contribution in [0.25, 0.3) is 0 Å². The van der Waals surface area contributed by atoms with Crippen LogP contribution in [0, 0.1) is 12.8 Å². The van der Waals surface area contributed by atoms with Gasteiger partial charge in [-0.25, -0.2) is 9.97 Å². The highest BCUT2D eigenvalue weighted by Crippen LogP contribution is 2.26. The average Bonchev–Trinajstić information content (AvgIpc) is 2.71. The Morgan fingerprint density at radius 2 is 2.31 bits per heavy atom. The van der Waals surface area contributed by atoms with Gasteiger partial charge in [0.15, 0.2) is 0 Å². The quantitative estimate of drug-likeness (QED) is 0.713. The van der Waals surface area contributed by atoms with Crippen molar-refractivity contribution in [1.29, 1.82) is 0 Å². The Morgan fingerprint density at radius 3 is 2.94 bits per heavy atom. The molecule has 86 valence electrons. The maximum Gasteiger partial charge on any atom is 0.222 e. The van der Waals surface area contributed by atoms with E-state index in [2.05, 4.69) is 9.97 Å². The van der Waals surface area contributed by atoms with Crippen LogP contribution in [-0.2, 0) is 4.79 Å². The predicted molar refractivity (Wildman–Crippen MR) is 60.7 cm³/mol. The van der Waals surface area contributed by atoms with E-state index in [9.17, 15) is 4.79 Å². The number of carbonyl (C=O) groups excluding carboxylic acids is 1. The number of nitrogens with two attached hydrogens (primary N) is 2. The number of aromatic nitrogens is 2. The molecular formula is C10H15N5O. The molecule has 1 unspecified atom stereocenters. The van der Waals surface area contributed by atoms with Crippen molar-refractivity contribution >= 4 is 17.5 Å². The lowest BCUT2D eigenvalue weighted by molar-refractivity contribution is -0.121. The standard InChI is InChI=1S/C10H15N5O/c1-6-8(11)13-5-14-10(6)15-3-2-7(4-15)9(12)16/h5,7H,2-4H2,1H3,(H2,12,16)(H2,11,13,14). The summed E-state index contributed by atoms with van der Waals surface area (Å²) in [6.45, 7) is 3.28. The van der Waals surface area contributed by atoms with Crippen LogP contribution in [0.4, 0.5) is 11.6 Å². The first-order chi connectivity index (χ1) is 7.59. The maximum absolute atomic E-state index is 11.1. The molecule has 6 heteroatoms. The first-order valence-corrected chi connectivity index (χ1v) is 5.21. The van der Waals surface area contributed by atoms with Crippen LogP contribution in [0.3, 0.4) is 0 Å². The molecule has 1 aliphatic rings. The van der Waals surface area contributed by atoms with Gasteiger partial charge < -0.3 is 16.4 Å². The zero-order valence-electron chi connectivity index (χ0n) is 9.18. The molecule has 1 aliphatic heterocycles. The summed E-state index contributed by atoms with van der Waals surface area (Å²) in [6.07, 6.45) is 2.22. The van der Waals surface area contributed by atoms with Crippen molar-refractivity contribution in [2.24, 2.45) is 11.7 Å². The number of hydrogen-bond acceptors (Lipinski definition) is 5. The van der Waals surface area contributed by atoms with Gasteiger partial charge in [0.1, 0.15) is 18.0 Å². The van der Waals surface area contributed by atoms with Gasteiger partial charge in [-0.15, -0.1) is 0 Å². The van der Waals surface area contributed by atoms with Crippen molar-refractivity contribution in [1.82, 2.24) is 9.97 Å². The van der Waals surface area contributed by atoms with Crippen molar-refractivity contribution in [3.63, 3.8) is 0 Å². The highest BCUT2D eigenvalue weighted by atomic mass is 16.1. The monoisotopic (exact) mass is 221 g/mol. The molecule has 1 amide bonds. The first-order valence-electron chi connectivity index (χ1n) is 5.21. The van der Waals surface area contributed by atoms with Gasteiger partial charge in [0.05, 0.1) is 5.92 Å². The highest BCUT2D eigenvalue weighted by molar-refractivity contribution is 5.78. The molecule has 1 saturated heterocycles. The molecule has 16 heavy (non-hydrogen) atoms. The zero-order valence-corrected chi connectivity index (χ0v) is 9.18. The Labute approximate surface area is 93.7 Å². The minimum Gasteiger partial charge on any atom is -0.383 e. The number of rotatable bonds is 2. The van der Waals surface area contributed by atoms with E-state index in [1.807, 2.05) is 11.8 Å². The van der Waals surface area contributed by atoms with Crippen molar-refractivity contribution in [2.45, 2.75) is 13.3 Å². The fraction of sp³-hybridized carbons (Fsp3) is 0.500. The molecule has 1 atom stereocenters. The molecule has 0 saturated carbocycles. The molecule has 6 nitrogen and oxygen atoms in total. The van der Waals surface area contributed by atoms with Crippen molar-refractivity contribution in [3.8, 4) is 0 Å². The van der Waals surface area contributed by atoms with E-state index in [1.165, 1.54) is 6.33 Å². The topological polar surface area (TPSA) is 98.1 Å². The van der Waals surface area contributed by atoms with Crippen LogP contribution in [0.2, 0.25) is 0 Å². The molecule has 4 N–H and O–H groups in total. The summed E-state index contributed by atoms with van der Waals surface area (Å²) in [6, 6.07) is 0. The Bertz CT molecular complexity index is 420. The Morgan fingerprint density at radius 1 is 1.56 bits per heavy atom. The fourth-order valence-corrected chi connectivity index (χ4v) is 1.96. The summed E-state index contributed by atoms with van der Waals surface area (Å²) in [4.78, 5) is 21.2. The average molecular weight is 221 g/mol. The predicted octanol–water partition coefficient (Wildman–Crippen LogP) is -0.321. The van der Waals surface area contributed by atoms with Gasteiger partial charge in [-0.1, -0.05) is 0 Å². The second kappa shape index (κ2) is 3.96. The molecule has 0 radical (unpaired) electrons. The molecule has 1 aromatic rings. The minimum atomic E-state index is -0.248. The number of amides is 1. The fourth-order valence-electron chi connectivity index (χ4n) is 1.96. The summed E-state index contributed by atoms with van der Waals surface area (Å²) in [5, 5.41) is 0. The smallest absolute Gasteiger partial charge is 0.222 e. The van der Waals surface area contributed by atoms with Crippen molar-refractivity contribution in [3.05, 3.63) is 11.9 Å². The summed E-state index contributed by atoms with van der Waals surface area (Å²) >= 11 is 0. The van der Waals surface area contributed by atoms with Gasteiger partial charge in [0, 0.05) is 18.7 Å². The van der Waals surface area contributed by atoms with E-state index >= 15 is 0 Å². The number of nitrogens with zero attached hydrogens (tertiary/aromatic N) is 3. The third kappa shape index (κ3) is 1.78. The third-order valence-electron chi connectivity index (χ3n) is 2.99. The lowest BCUT2D eigenvalue weighted by Gasteiger charge is -2.19. The number of primary amides is 1. The first kappa shape index (κ1) is 10.7. The van der Waals surface area contributed by atoms with E-state index in [4.69, 9.17) is 11.5 Å². The molecule has 0 bridgehead atoms. The van der Waals surface area contributed by atoms with Crippen molar-refractivity contribution < 1.29 is 4.79 Å². The minimum absolute atomic E-state index is 0.0874. The third-order valence-corrected chi connectivity index (χ3v) is 2.99. The summed E-state index contributed by atoms with van der Waals surface area (Å²) in [5.41, 5.74) is 11.9. The molecule has 0 aromatic carbocycles. The number of hydrogen-bond donors (Lipinski definition) is 2. The molecule has 1 fully saturated rings. The Kier molecular flexibility index (Phi) is 2.64. The van der Waals surface area contributed by atoms with Crippen molar-refractivity contribution in [2.75, 3.05) is 23.7 Å². The lowest BCUT2D eigenvalue weighted by atomic mass is 10.1. The number of nitrogen functional groups attached to an aromatic ring is 1. The molecule has 0 aliphatic carbocycles. The van der Waals surface area contributed by atoms with E-state index in [0.717, 1.165) is 24.3 Å². The Hall–Kier alpha value is -1.85. The van der Waals surface area contributed by atoms with Gasteiger partial charge in [-0.05, 0) is 13.3 Å². The van der Waals surface area contributed by atoms with Crippen LogP contribution in [0.1, 0.15) is 12.0 Å². The maximum atomic E-state index is 11.1.